The third-order valence-electron chi connectivity index (χ3n) is 6.18. The average Bonchev–Trinajstić information content (AvgIpc) is 2.88. The van der Waals surface area contributed by atoms with Crippen molar-refractivity contribution in [2.45, 2.75) is 32.4 Å². The first-order valence-electron chi connectivity index (χ1n) is 11.8. The molecular formula is C27H30N6O3. The van der Waals surface area contributed by atoms with E-state index in [0.29, 0.717) is 11.7 Å². The Bertz CT molecular complexity index is 1310. The van der Waals surface area contributed by atoms with Crippen LogP contribution in [0.1, 0.15) is 30.9 Å². The Labute approximate surface area is 209 Å². The summed E-state index contributed by atoms with van der Waals surface area (Å²) in [7, 11) is 0. The molecule has 0 saturated carbocycles. The van der Waals surface area contributed by atoms with Crippen LogP contribution in [0.4, 0.5) is 5.69 Å². The Morgan fingerprint density at radius 2 is 1.72 bits per heavy atom. The number of hydrogen-bond acceptors (Lipinski definition) is 5. The summed E-state index contributed by atoms with van der Waals surface area (Å²) in [6.07, 6.45) is 1.93. The van der Waals surface area contributed by atoms with E-state index in [0.717, 1.165) is 59.3 Å². The summed E-state index contributed by atoms with van der Waals surface area (Å²) >= 11 is 0. The second kappa shape index (κ2) is 10.9. The molecule has 0 spiro atoms. The molecule has 1 saturated heterocycles. The number of carbonyl (C=O) groups is 2. The molecule has 186 valence electrons. The minimum absolute atomic E-state index is 0.145. The first kappa shape index (κ1) is 24.7. The molecule has 0 aliphatic carbocycles. The van der Waals surface area contributed by atoms with Crippen LogP contribution in [0, 0.1) is 5.41 Å². The summed E-state index contributed by atoms with van der Waals surface area (Å²) in [5, 5.41) is 12.2. The van der Waals surface area contributed by atoms with Gasteiger partial charge >= 0.3 is 11.8 Å². The van der Waals surface area contributed by atoms with E-state index in [4.69, 9.17) is 21.6 Å². The number of nitrogens with one attached hydrogen (secondary N) is 2. The first-order valence-corrected chi connectivity index (χ1v) is 11.8. The van der Waals surface area contributed by atoms with E-state index in [1.807, 2.05) is 67.6 Å². The molecule has 3 aromatic carbocycles. The fourth-order valence-electron chi connectivity index (χ4n) is 4.14. The van der Waals surface area contributed by atoms with Crippen LogP contribution in [0.2, 0.25) is 0 Å². The number of likely N-dealkylation sites (tertiary alicyclic amines) is 1. The van der Waals surface area contributed by atoms with E-state index < -0.39 is 11.8 Å². The molecule has 9 heteroatoms. The highest BCUT2D eigenvalue weighted by atomic mass is 16.5. The quantitative estimate of drug-likeness (QED) is 0.240. The van der Waals surface area contributed by atoms with Crippen molar-refractivity contribution in [2.75, 3.05) is 13.1 Å². The molecule has 1 aliphatic rings. The van der Waals surface area contributed by atoms with Crippen LogP contribution in [-0.4, -0.2) is 47.6 Å². The topological polar surface area (TPSA) is 147 Å². The predicted molar refractivity (Wildman–Crippen MR) is 140 cm³/mol. The number of rotatable bonds is 6. The van der Waals surface area contributed by atoms with Crippen LogP contribution in [0.25, 0.3) is 10.8 Å². The van der Waals surface area contributed by atoms with Gasteiger partial charge in [-0.1, -0.05) is 24.3 Å². The van der Waals surface area contributed by atoms with Gasteiger partial charge in [-0.2, -0.15) is 0 Å². The summed E-state index contributed by atoms with van der Waals surface area (Å²) < 4.78 is 6.11. The van der Waals surface area contributed by atoms with E-state index in [2.05, 4.69) is 15.2 Å². The largest absolute Gasteiger partial charge is 0.490 e. The van der Waals surface area contributed by atoms with E-state index in [9.17, 15) is 9.59 Å². The maximum Gasteiger partial charge on any atom is 0.309 e. The molecule has 0 aromatic heterocycles. The summed E-state index contributed by atoms with van der Waals surface area (Å²) in [6.45, 7) is 3.70. The van der Waals surface area contributed by atoms with Gasteiger partial charge in [-0.15, -0.1) is 0 Å². The highest BCUT2D eigenvalue weighted by molar-refractivity contribution is 6.34. The zero-order chi connectivity index (χ0) is 25.7. The van der Waals surface area contributed by atoms with Gasteiger partial charge in [0.2, 0.25) is 0 Å². The zero-order valence-corrected chi connectivity index (χ0v) is 20.2. The molecule has 2 amide bonds. The van der Waals surface area contributed by atoms with Crippen LogP contribution >= 0.6 is 0 Å². The molecule has 4 rings (SSSR count). The molecule has 0 bridgehead atoms. The minimum Gasteiger partial charge on any atom is -0.490 e. The number of benzene rings is 3. The maximum absolute atomic E-state index is 11.4. The fraction of sp³-hybridized carbons (Fsp3) is 0.259. The van der Waals surface area contributed by atoms with Crippen molar-refractivity contribution in [3.05, 3.63) is 71.8 Å². The summed E-state index contributed by atoms with van der Waals surface area (Å²) in [6, 6.07) is 19.1. The molecule has 0 atom stereocenters. The molecule has 0 radical (unpaired) electrons. The van der Waals surface area contributed by atoms with E-state index >= 15 is 0 Å². The number of amides is 2. The van der Waals surface area contributed by atoms with Gasteiger partial charge in [-0.3, -0.25) is 15.0 Å². The standard InChI is InChI=1S/C27H30N6O3/c1-17(28)33-12-10-24(11-13-33)36-23-8-6-22(7-9-23)32-25(29)20-5-4-19-3-2-18(14-21(19)15-20)16-31-27(35)26(30)34/h2-9,14-15,24,28H,10-13,16H2,1H3,(H2,29,32)(H2,30,34)(H,31,35). The number of fused-ring (bicyclic) bond motifs is 1. The normalized spacial score (nSPS) is 14.5. The molecular weight excluding hydrogens is 456 g/mol. The lowest BCUT2D eigenvalue weighted by Crippen LogP contribution is -2.40. The van der Waals surface area contributed by atoms with Crippen molar-refractivity contribution in [1.82, 2.24) is 10.2 Å². The highest BCUT2D eigenvalue weighted by Gasteiger charge is 2.20. The molecule has 1 aliphatic heterocycles. The minimum atomic E-state index is -1.01. The molecule has 0 unspecified atom stereocenters. The average molecular weight is 487 g/mol. The SMILES string of the molecule is CC(=N)N1CCC(Oc2ccc(N=C(N)c3ccc4ccc(CNC(=O)C(N)=O)cc4c3)cc2)CC1. The van der Waals surface area contributed by atoms with Crippen LogP contribution in [0.3, 0.4) is 0 Å². The number of nitrogens with two attached hydrogens (primary N) is 2. The zero-order valence-electron chi connectivity index (χ0n) is 20.2. The summed E-state index contributed by atoms with van der Waals surface area (Å²) in [5.41, 5.74) is 13.6. The molecule has 9 nitrogen and oxygen atoms in total. The highest BCUT2D eigenvalue weighted by Crippen LogP contribution is 2.24. The number of amidine groups is 2. The Balaban J connectivity index is 1.41. The van der Waals surface area contributed by atoms with E-state index in [-0.39, 0.29) is 12.6 Å². The summed E-state index contributed by atoms with van der Waals surface area (Å²) in [5.74, 6) is -0.0542. The number of aliphatic imine (C=N–C) groups is 1. The van der Waals surface area contributed by atoms with Crippen LogP contribution in [-0.2, 0) is 16.1 Å². The van der Waals surface area contributed by atoms with Crippen LogP contribution in [0.5, 0.6) is 5.75 Å². The molecule has 3 aromatic rings. The molecule has 1 heterocycles. The van der Waals surface area contributed by atoms with Crippen molar-refractivity contribution in [2.24, 2.45) is 16.5 Å². The number of nitrogens with zero attached hydrogens (tertiary/aromatic N) is 2. The van der Waals surface area contributed by atoms with E-state index in [1.165, 1.54) is 0 Å². The second-order valence-electron chi connectivity index (χ2n) is 8.82. The lowest BCUT2D eigenvalue weighted by Gasteiger charge is -2.32. The van der Waals surface area contributed by atoms with Gasteiger partial charge in [-0.25, -0.2) is 4.99 Å². The molecule has 36 heavy (non-hydrogen) atoms. The molecule has 1 fully saturated rings. The number of carbonyl (C=O) groups excluding carboxylic acids is 2. The maximum atomic E-state index is 11.4. The Morgan fingerprint density at radius 1 is 1.03 bits per heavy atom. The lowest BCUT2D eigenvalue weighted by molar-refractivity contribution is -0.137. The van der Waals surface area contributed by atoms with Crippen molar-refractivity contribution < 1.29 is 14.3 Å². The monoisotopic (exact) mass is 486 g/mol. The second-order valence-corrected chi connectivity index (χ2v) is 8.82. The van der Waals surface area contributed by atoms with Crippen molar-refractivity contribution in [3.8, 4) is 5.75 Å². The number of hydrogen-bond donors (Lipinski definition) is 4. The van der Waals surface area contributed by atoms with E-state index in [1.54, 1.807) is 0 Å². The lowest BCUT2D eigenvalue weighted by atomic mass is 10.0. The van der Waals surface area contributed by atoms with Crippen molar-refractivity contribution in [3.63, 3.8) is 0 Å². The van der Waals surface area contributed by atoms with Crippen LogP contribution in [0.15, 0.2) is 65.7 Å². The van der Waals surface area contributed by atoms with Gasteiger partial charge in [0, 0.05) is 38.0 Å². The smallest absolute Gasteiger partial charge is 0.309 e. The first-order chi connectivity index (χ1) is 17.3. The van der Waals surface area contributed by atoms with Crippen molar-refractivity contribution >= 4 is 39.9 Å². The fourth-order valence-corrected chi connectivity index (χ4v) is 4.14. The van der Waals surface area contributed by atoms with Gasteiger partial charge < -0.3 is 26.4 Å². The predicted octanol–water partition coefficient (Wildman–Crippen LogP) is 2.82. The van der Waals surface area contributed by atoms with Gasteiger partial charge in [0.1, 0.15) is 17.7 Å². The van der Waals surface area contributed by atoms with Gasteiger partial charge in [0.15, 0.2) is 0 Å². The Morgan fingerprint density at radius 3 is 2.39 bits per heavy atom. The number of ether oxygens (including phenoxy) is 1. The summed E-state index contributed by atoms with van der Waals surface area (Å²) in [4.78, 5) is 28.9. The third kappa shape index (κ3) is 6.18. The van der Waals surface area contributed by atoms with Gasteiger partial charge in [-0.05, 0) is 59.7 Å². The van der Waals surface area contributed by atoms with Crippen LogP contribution < -0.4 is 21.5 Å². The van der Waals surface area contributed by atoms with Crippen molar-refractivity contribution in [1.29, 1.82) is 5.41 Å². The Kier molecular flexibility index (Phi) is 7.48. The third-order valence-corrected chi connectivity index (χ3v) is 6.18. The number of primary amides is 1. The Hall–Kier alpha value is -4.40. The number of piperidine rings is 1. The molecule has 6 N–H and O–H groups in total. The van der Waals surface area contributed by atoms with Gasteiger partial charge in [0.25, 0.3) is 0 Å². The van der Waals surface area contributed by atoms with Gasteiger partial charge in [0.05, 0.1) is 11.5 Å².